The fourth-order valence-corrected chi connectivity index (χ4v) is 9.13. The van der Waals surface area contributed by atoms with Crippen molar-refractivity contribution in [1.82, 2.24) is 41.2 Å². The number of amides is 2. The van der Waals surface area contributed by atoms with Crippen molar-refractivity contribution in [2.75, 3.05) is 36.0 Å². The number of carboxylic acids is 1. The quantitative estimate of drug-likeness (QED) is 0.0811. The number of hydrogen-bond acceptors (Lipinski definition) is 12. The van der Waals surface area contributed by atoms with Crippen molar-refractivity contribution in [3.8, 4) is 22.9 Å². The Bertz CT molecular complexity index is 3100. The second-order valence-corrected chi connectivity index (χ2v) is 18.7. The number of tetrazole rings is 1. The van der Waals surface area contributed by atoms with Crippen LogP contribution >= 0.6 is 23.2 Å². The van der Waals surface area contributed by atoms with Crippen LogP contribution in [0, 0.1) is 11.6 Å². The number of hydrogen-bond donors (Lipinski definition) is 4. The van der Waals surface area contributed by atoms with Gasteiger partial charge in [0.25, 0.3) is 11.8 Å². The molecular formula is C51H44Cl2F2N10O6. The molecule has 16 nitrogen and oxygen atoms in total. The van der Waals surface area contributed by atoms with Gasteiger partial charge in [0.05, 0.1) is 57.4 Å². The van der Waals surface area contributed by atoms with Gasteiger partial charge in [0, 0.05) is 43.1 Å². The lowest BCUT2D eigenvalue weighted by Gasteiger charge is -2.40. The number of ether oxygens (including phenoxy) is 2. The molecule has 0 unspecified atom stereocenters. The maximum atomic E-state index is 13.5. The average Bonchev–Trinajstić information content (AvgIpc) is 4.18. The van der Waals surface area contributed by atoms with Crippen LogP contribution in [0.2, 0.25) is 10.0 Å². The van der Waals surface area contributed by atoms with Crippen LogP contribution in [-0.4, -0.2) is 91.9 Å². The highest BCUT2D eigenvalue weighted by molar-refractivity contribution is 6.31. The van der Waals surface area contributed by atoms with Gasteiger partial charge in [-0.3, -0.25) is 9.59 Å². The lowest BCUT2D eigenvalue weighted by atomic mass is 10.0. The summed E-state index contributed by atoms with van der Waals surface area (Å²) in [6, 6.07) is 29.6. The molecule has 0 bridgehead atoms. The molecule has 71 heavy (non-hydrogen) atoms. The third kappa shape index (κ3) is 10.6. The van der Waals surface area contributed by atoms with Crippen LogP contribution in [0.15, 0.2) is 122 Å². The summed E-state index contributed by atoms with van der Waals surface area (Å²) in [4.78, 5) is 50.8. The third-order valence-electron chi connectivity index (χ3n) is 12.9. The SMILES string of the molecule is O=C(NC1(c2ccc(-c3nn[nH]n3)cc2)CC1)c1cc(Cl)cnc1N1CC(Oc2cccc(F)c2)C1.O=C(O)c1ccc(C2(NC(=O)c3cc(Cl)cnc3N3CC[C@H](Oc4cccc(F)c4)C3)CC2)cc1. The number of nitrogens with zero attached hydrogens (tertiary/aromatic N) is 7. The topological polar surface area (TPSA) is 201 Å². The molecule has 5 heterocycles. The van der Waals surface area contributed by atoms with Crippen LogP contribution < -0.4 is 29.9 Å². The number of carbonyl (C=O) groups excluding carboxylic acids is 2. The number of nitrogens with one attached hydrogen (secondary N) is 3. The maximum absolute atomic E-state index is 13.5. The number of carbonyl (C=O) groups is 3. The van der Waals surface area contributed by atoms with Crippen molar-refractivity contribution < 1.29 is 37.7 Å². The van der Waals surface area contributed by atoms with Gasteiger partial charge in [-0.2, -0.15) is 5.21 Å². The zero-order chi connectivity index (χ0) is 49.3. The van der Waals surface area contributed by atoms with Gasteiger partial charge in [-0.1, -0.05) is 71.7 Å². The van der Waals surface area contributed by atoms with E-state index in [9.17, 15) is 23.2 Å². The molecule has 2 amide bonds. The van der Waals surface area contributed by atoms with Crippen molar-refractivity contribution in [3.63, 3.8) is 0 Å². The molecule has 1 atom stereocenters. The number of halogens is 4. The number of pyridine rings is 2. The molecule has 4 N–H and O–H groups in total. The van der Waals surface area contributed by atoms with Crippen molar-refractivity contribution >= 4 is 52.6 Å². The van der Waals surface area contributed by atoms with E-state index in [4.69, 9.17) is 37.8 Å². The fraction of sp³-hybridized carbons (Fsp3) is 0.255. The van der Waals surface area contributed by atoms with Gasteiger partial charge in [0.15, 0.2) is 0 Å². The van der Waals surface area contributed by atoms with Crippen molar-refractivity contribution in [2.24, 2.45) is 0 Å². The van der Waals surface area contributed by atoms with Crippen molar-refractivity contribution in [1.29, 1.82) is 0 Å². The predicted octanol–water partition coefficient (Wildman–Crippen LogP) is 8.39. The van der Waals surface area contributed by atoms with Gasteiger partial charge in [-0.05, 0) is 90.6 Å². The summed E-state index contributed by atoms with van der Waals surface area (Å²) in [5.74, 6) is 0.255. The predicted molar refractivity (Wildman–Crippen MR) is 259 cm³/mol. The van der Waals surface area contributed by atoms with Gasteiger partial charge in [-0.25, -0.2) is 23.5 Å². The van der Waals surface area contributed by atoms with E-state index in [1.165, 1.54) is 36.7 Å². The van der Waals surface area contributed by atoms with Crippen molar-refractivity contribution in [2.45, 2.75) is 55.4 Å². The Kier molecular flexibility index (Phi) is 13.0. The average molecular weight is 1000 g/mol. The third-order valence-corrected chi connectivity index (χ3v) is 13.3. The molecule has 2 saturated carbocycles. The monoisotopic (exact) mass is 1000 g/mol. The van der Waals surface area contributed by atoms with E-state index >= 15 is 0 Å². The molecule has 11 rings (SSSR count). The lowest BCUT2D eigenvalue weighted by molar-refractivity contribution is 0.0696. The van der Waals surface area contributed by atoms with Gasteiger partial charge in [0.2, 0.25) is 5.82 Å². The van der Waals surface area contributed by atoms with E-state index in [2.05, 4.69) is 41.2 Å². The largest absolute Gasteiger partial charge is 0.488 e. The molecule has 0 spiro atoms. The smallest absolute Gasteiger partial charge is 0.335 e. The number of carboxylic acid groups (broad SMARTS) is 1. The Morgan fingerprint density at radius 3 is 1.68 bits per heavy atom. The zero-order valence-electron chi connectivity index (χ0n) is 37.7. The summed E-state index contributed by atoms with van der Waals surface area (Å²) in [6.07, 6.45) is 6.59. The molecule has 4 aliphatic rings. The molecule has 2 aliphatic carbocycles. The number of H-pyrrole nitrogens is 1. The van der Waals surface area contributed by atoms with Crippen LogP contribution in [-0.2, 0) is 11.1 Å². The Morgan fingerprint density at radius 1 is 0.676 bits per heavy atom. The second kappa shape index (κ2) is 19.6. The van der Waals surface area contributed by atoms with E-state index in [-0.39, 0.29) is 41.2 Å². The summed E-state index contributed by atoms with van der Waals surface area (Å²) in [6.45, 7) is 2.16. The molecular weight excluding hydrogens is 958 g/mol. The highest BCUT2D eigenvalue weighted by Gasteiger charge is 2.47. The molecule has 4 fully saturated rings. The van der Waals surface area contributed by atoms with E-state index in [0.717, 1.165) is 42.4 Å². The van der Waals surface area contributed by atoms with E-state index in [1.807, 2.05) is 34.1 Å². The number of benzene rings is 4. The van der Waals surface area contributed by atoms with Crippen molar-refractivity contribution in [3.05, 3.63) is 171 Å². The second-order valence-electron chi connectivity index (χ2n) is 17.9. The van der Waals surface area contributed by atoms with Crippen LogP contribution in [0.5, 0.6) is 11.5 Å². The highest BCUT2D eigenvalue weighted by Crippen LogP contribution is 2.47. The van der Waals surface area contributed by atoms with E-state index in [1.54, 1.807) is 60.7 Å². The Hall–Kier alpha value is -7.70. The summed E-state index contributed by atoms with van der Waals surface area (Å²) < 4.78 is 38.7. The Labute approximate surface area is 415 Å². The summed E-state index contributed by atoms with van der Waals surface area (Å²) in [5, 5.41) is 30.2. The van der Waals surface area contributed by atoms with Crippen LogP contribution in [0.3, 0.4) is 0 Å². The minimum Gasteiger partial charge on any atom is -0.488 e. The number of aromatic amines is 1. The van der Waals surface area contributed by atoms with Gasteiger partial charge < -0.3 is 35.0 Å². The molecule has 2 aliphatic heterocycles. The number of anilines is 2. The lowest BCUT2D eigenvalue weighted by Crippen LogP contribution is -2.55. The summed E-state index contributed by atoms with van der Waals surface area (Å²) >= 11 is 12.4. The Balaban J connectivity index is 0.000000164. The van der Waals surface area contributed by atoms with Gasteiger partial charge in [-0.15, -0.1) is 10.2 Å². The zero-order valence-corrected chi connectivity index (χ0v) is 39.2. The maximum Gasteiger partial charge on any atom is 0.335 e. The Morgan fingerprint density at radius 2 is 1.18 bits per heavy atom. The molecule has 0 radical (unpaired) electrons. The first-order valence-electron chi connectivity index (χ1n) is 22.8. The number of rotatable bonds is 14. The molecule has 362 valence electrons. The van der Waals surface area contributed by atoms with Crippen LogP contribution in [0.4, 0.5) is 20.4 Å². The van der Waals surface area contributed by atoms with Gasteiger partial charge >= 0.3 is 5.97 Å². The van der Waals surface area contributed by atoms with Gasteiger partial charge in [0.1, 0.15) is 47.0 Å². The first kappa shape index (κ1) is 47.0. The van der Waals surface area contributed by atoms with E-state index in [0.29, 0.717) is 82.7 Å². The summed E-state index contributed by atoms with van der Waals surface area (Å²) in [7, 11) is 0. The standard InChI is InChI=1S/C26H23ClFN3O4.C25H21ClFN7O2/c27-18-12-22(24(32)30-26(9-10-26)17-6-4-16(5-7-17)25(33)34)23(29-14-18)31-11-8-21(15-31)35-20-3-1-2-19(28)13-20;26-17-10-21(23(28-12-17)34-13-20(14-34)36-19-3-1-2-18(27)11-19)24(35)29-25(8-9-25)16-6-4-15(5-7-16)22-30-32-33-31-22/h1-7,12-14,21H,8-11,15H2,(H,30,32)(H,33,34);1-7,10-12,20H,8-9,13-14H2,(H,29,35)(H,30,31,32,33)/t21-;/m0./s1. The number of aromatic nitrogens is 6. The van der Waals surface area contributed by atoms with E-state index < -0.39 is 17.0 Å². The number of aromatic carboxylic acids is 1. The highest BCUT2D eigenvalue weighted by atomic mass is 35.5. The first-order valence-corrected chi connectivity index (χ1v) is 23.6. The minimum absolute atomic E-state index is 0.132. The first-order chi connectivity index (χ1) is 34.3. The molecule has 2 saturated heterocycles. The molecule has 3 aromatic heterocycles. The summed E-state index contributed by atoms with van der Waals surface area (Å²) in [5.41, 5.74) is 2.68. The van der Waals surface area contributed by atoms with Crippen LogP contribution in [0.1, 0.15) is 74.3 Å². The van der Waals surface area contributed by atoms with Crippen LogP contribution in [0.25, 0.3) is 11.4 Å². The molecule has 7 aromatic rings. The minimum atomic E-state index is -0.995. The molecule has 4 aromatic carbocycles. The normalized spacial score (nSPS) is 17.3. The fourth-order valence-electron chi connectivity index (χ4n) is 8.82. The molecule has 20 heteroatoms.